The van der Waals surface area contributed by atoms with Crippen LogP contribution >= 0.6 is 0 Å². The third-order valence-corrected chi connectivity index (χ3v) is 8.96. The Labute approximate surface area is 141 Å². The summed E-state index contributed by atoms with van der Waals surface area (Å²) in [5, 5.41) is -0.122. The van der Waals surface area contributed by atoms with Gasteiger partial charge >= 0.3 is 8.56 Å². The zero-order chi connectivity index (χ0) is 16.5. The van der Waals surface area contributed by atoms with Crippen molar-refractivity contribution < 1.29 is 19.1 Å². The van der Waals surface area contributed by atoms with Crippen molar-refractivity contribution in [2.24, 2.45) is 0 Å². The fraction of sp³-hybridized carbons (Fsp3) is 0.647. The zero-order valence-corrected chi connectivity index (χ0v) is 15.9. The van der Waals surface area contributed by atoms with Gasteiger partial charge in [0.15, 0.2) is 0 Å². The largest absolute Gasteiger partial charge is 0.412 e. The van der Waals surface area contributed by atoms with Crippen LogP contribution in [0.4, 0.5) is 5.69 Å². The first-order chi connectivity index (χ1) is 10.6. The summed E-state index contributed by atoms with van der Waals surface area (Å²) >= 11 is 0. The van der Waals surface area contributed by atoms with Crippen LogP contribution in [0.15, 0.2) is 30.3 Å². The van der Waals surface area contributed by atoms with Gasteiger partial charge in [0, 0.05) is 27.0 Å². The lowest BCUT2D eigenvalue weighted by Gasteiger charge is -2.47. The van der Waals surface area contributed by atoms with E-state index in [1.54, 1.807) is 21.3 Å². The molecule has 6 heteroatoms. The first-order valence-corrected chi connectivity index (χ1v) is 10.1. The number of para-hydroxylation sites is 1. The van der Waals surface area contributed by atoms with E-state index in [0.717, 1.165) is 31.0 Å². The lowest BCUT2D eigenvalue weighted by Crippen LogP contribution is -2.64. The van der Waals surface area contributed by atoms with Crippen LogP contribution in [0, 0.1) is 0 Å². The molecule has 1 unspecified atom stereocenters. The van der Waals surface area contributed by atoms with Crippen LogP contribution in [0.1, 0.15) is 39.0 Å². The van der Waals surface area contributed by atoms with Gasteiger partial charge in [0.1, 0.15) is 5.22 Å². The van der Waals surface area contributed by atoms with Crippen molar-refractivity contribution in [2.45, 2.75) is 50.3 Å². The molecule has 1 heterocycles. The maximum atomic E-state index is 5.83. The molecular weight excluding hydrogens is 310 g/mol. The van der Waals surface area contributed by atoms with Crippen molar-refractivity contribution in [2.75, 3.05) is 27.1 Å². The predicted octanol–water partition coefficient (Wildman–Crippen LogP) is 3.07. The van der Waals surface area contributed by atoms with Crippen molar-refractivity contribution in [3.8, 4) is 0 Å². The molecule has 1 atom stereocenters. The standard InChI is InChI=1S/C11H24O3Si.C6H7N.H2O/c1-5-8-11(12-2)9-6-7-10-15(11,13-3)14-4;7-6-4-2-1-3-5-6;/h5-10H2,1-4H3;1-5H,7H2;1H2. The Balaban J connectivity index is 0.000000509. The normalized spacial score (nSPS) is 22.4. The van der Waals surface area contributed by atoms with Crippen LogP contribution in [0.2, 0.25) is 6.04 Å². The molecule has 4 N–H and O–H groups in total. The molecule has 0 aromatic heterocycles. The summed E-state index contributed by atoms with van der Waals surface area (Å²) in [4.78, 5) is 0. The molecule has 1 fully saturated rings. The Kier molecular flexibility index (Phi) is 10.3. The molecule has 5 nitrogen and oxygen atoms in total. The van der Waals surface area contributed by atoms with Gasteiger partial charge in [0.05, 0.1) is 0 Å². The Bertz CT molecular complexity index is 410. The van der Waals surface area contributed by atoms with Crippen LogP contribution in [-0.2, 0) is 13.6 Å². The van der Waals surface area contributed by atoms with Crippen molar-refractivity contribution in [1.29, 1.82) is 0 Å². The summed E-state index contributed by atoms with van der Waals surface area (Å²) < 4.78 is 17.4. The van der Waals surface area contributed by atoms with Crippen molar-refractivity contribution >= 4 is 14.2 Å². The highest BCUT2D eigenvalue weighted by Crippen LogP contribution is 2.42. The van der Waals surface area contributed by atoms with Crippen LogP contribution < -0.4 is 5.73 Å². The summed E-state index contributed by atoms with van der Waals surface area (Å²) in [5.74, 6) is 0. The van der Waals surface area contributed by atoms with Gasteiger partial charge in [-0.3, -0.25) is 0 Å². The maximum Gasteiger partial charge on any atom is 0.370 e. The predicted molar refractivity (Wildman–Crippen MR) is 97.5 cm³/mol. The highest BCUT2D eigenvalue weighted by molar-refractivity contribution is 6.70. The summed E-state index contributed by atoms with van der Waals surface area (Å²) in [6.07, 6.45) is 5.70. The molecule has 23 heavy (non-hydrogen) atoms. The quantitative estimate of drug-likeness (QED) is 0.657. The number of anilines is 1. The van der Waals surface area contributed by atoms with Crippen LogP contribution in [-0.4, -0.2) is 40.6 Å². The highest BCUT2D eigenvalue weighted by atomic mass is 28.4. The molecule has 1 aromatic rings. The van der Waals surface area contributed by atoms with E-state index in [2.05, 4.69) is 6.92 Å². The first kappa shape index (κ1) is 22.1. The monoisotopic (exact) mass is 343 g/mol. The number of nitrogen functional groups attached to an aromatic ring is 1. The second kappa shape index (κ2) is 10.8. The number of methoxy groups -OCH3 is 1. The fourth-order valence-electron chi connectivity index (χ4n) is 3.38. The molecule has 1 aliphatic heterocycles. The number of nitrogens with two attached hydrogens (primary N) is 1. The molecule has 0 aliphatic carbocycles. The Hall–Kier alpha value is -0.923. The van der Waals surface area contributed by atoms with Crippen molar-refractivity contribution in [3.05, 3.63) is 30.3 Å². The van der Waals surface area contributed by atoms with Gasteiger partial charge in [0.2, 0.25) is 0 Å². The summed E-state index contributed by atoms with van der Waals surface area (Å²) in [7, 11) is 3.22. The second-order valence-electron chi connectivity index (χ2n) is 5.73. The molecule has 1 aromatic carbocycles. The smallest absolute Gasteiger partial charge is 0.370 e. The number of hydrogen-bond acceptors (Lipinski definition) is 4. The third-order valence-electron chi connectivity index (χ3n) is 4.53. The fourth-order valence-corrected chi connectivity index (χ4v) is 7.37. The lowest BCUT2D eigenvalue weighted by molar-refractivity contribution is -0.0149. The molecule has 0 saturated carbocycles. The van der Waals surface area contributed by atoms with E-state index in [4.69, 9.17) is 19.3 Å². The zero-order valence-electron chi connectivity index (χ0n) is 14.9. The average Bonchev–Trinajstić information content (AvgIpc) is 2.57. The summed E-state index contributed by atoms with van der Waals surface area (Å²) in [6, 6.07) is 10.6. The van der Waals surface area contributed by atoms with E-state index in [9.17, 15) is 0 Å². The summed E-state index contributed by atoms with van der Waals surface area (Å²) in [5.41, 5.74) is 6.18. The molecule has 0 amide bonds. The molecule has 0 spiro atoms. The first-order valence-electron chi connectivity index (χ1n) is 8.05. The Morgan fingerprint density at radius 3 is 2.09 bits per heavy atom. The SMILES string of the molecule is CCCC1(OC)CCCC[Si]1(OC)OC.Nc1ccccc1.O. The van der Waals surface area contributed by atoms with Gasteiger partial charge in [-0.05, 0) is 31.0 Å². The van der Waals surface area contributed by atoms with Gasteiger partial charge in [-0.2, -0.15) is 0 Å². The topological polar surface area (TPSA) is 85.2 Å². The van der Waals surface area contributed by atoms with E-state index in [-0.39, 0.29) is 10.7 Å². The minimum absolute atomic E-state index is 0. The average molecular weight is 344 g/mol. The van der Waals surface area contributed by atoms with Gasteiger partial charge in [0.25, 0.3) is 0 Å². The minimum atomic E-state index is -2.15. The molecule has 2 rings (SSSR count). The van der Waals surface area contributed by atoms with E-state index in [1.165, 1.54) is 12.8 Å². The number of benzene rings is 1. The number of hydrogen-bond donors (Lipinski definition) is 1. The van der Waals surface area contributed by atoms with Gasteiger partial charge in [-0.15, -0.1) is 0 Å². The second-order valence-corrected chi connectivity index (χ2v) is 9.46. The van der Waals surface area contributed by atoms with E-state index in [0.29, 0.717) is 0 Å². The van der Waals surface area contributed by atoms with Crippen LogP contribution in [0.3, 0.4) is 0 Å². The van der Waals surface area contributed by atoms with Gasteiger partial charge in [-0.1, -0.05) is 44.4 Å². The van der Waals surface area contributed by atoms with Gasteiger partial charge < -0.3 is 24.8 Å². The summed E-state index contributed by atoms with van der Waals surface area (Å²) in [6.45, 7) is 2.19. The number of ether oxygens (including phenoxy) is 1. The molecule has 0 radical (unpaired) electrons. The van der Waals surface area contributed by atoms with Gasteiger partial charge in [-0.25, -0.2) is 0 Å². The highest BCUT2D eigenvalue weighted by Gasteiger charge is 2.58. The molecule has 1 saturated heterocycles. The maximum absolute atomic E-state index is 5.83. The molecule has 0 bridgehead atoms. The lowest BCUT2D eigenvalue weighted by atomic mass is 10.1. The van der Waals surface area contributed by atoms with Crippen molar-refractivity contribution in [1.82, 2.24) is 0 Å². The van der Waals surface area contributed by atoms with Crippen molar-refractivity contribution in [3.63, 3.8) is 0 Å². The molecule has 1 aliphatic rings. The van der Waals surface area contributed by atoms with Crippen LogP contribution in [0.25, 0.3) is 0 Å². The third kappa shape index (κ3) is 5.29. The molecule has 134 valence electrons. The molecular formula is C17H33NO4Si. The van der Waals surface area contributed by atoms with E-state index in [1.807, 2.05) is 30.3 Å². The van der Waals surface area contributed by atoms with Crippen LogP contribution in [0.5, 0.6) is 0 Å². The van der Waals surface area contributed by atoms with E-state index >= 15 is 0 Å². The Morgan fingerprint density at radius 1 is 1.09 bits per heavy atom. The van der Waals surface area contributed by atoms with E-state index < -0.39 is 8.56 Å². The minimum Gasteiger partial charge on any atom is -0.412 e. The Morgan fingerprint density at radius 2 is 1.70 bits per heavy atom. The number of rotatable bonds is 5.